The lowest BCUT2D eigenvalue weighted by molar-refractivity contribution is -0.384. The molecule has 0 radical (unpaired) electrons. The van der Waals surface area contributed by atoms with E-state index in [0.29, 0.717) is 26.2 Å². The van der Waals surface area contributed by atoms with E-state index in [2.05, 4.69) is 4.90 Å². The summed E-state index contributed by atoms with van der Waals surface area (Å²) in [6.45, 7) is 7.60. The van der Waals surface area contributed by atoms with Gasteiger partial charge in [-0.05, 0) is 32.9 Å². The summed E-state index contributed by atoms with van der Waals surface area (Å²) in [5.41, 5.74) is 0.393. The highest BCUT2D eigenvalue weighted by atomic mass is 16.6. The van der Waals surface area contributed by atoms with Crippen molar-refractivity contribution in [2.24, 2.45) is 0 Å². The summed E-state index contributed by atoms with van der Waals surface area (Å²) in [5.74, 6) is 0. The number of anilines is 1. The number of nitro benzene ring substituents is 1. The van der Waals surface area contributed by atoms with Crippen LogP contribution < -0.4 is 4.90 Å². The quantitative estimate of drug-likeness (QED) is 0.612. The average molecular weight is 351 g/mol. The molecule has 0 unspecified atom stereocenters. The second-order valence-electron chi connectivity index (χ2n) is 7.00. The van der Waals surface area contributed by atoms with Gasteiger partial charge < -0.3 is 14.4 Å². The Morgan fingerprint density at radius 3 is 2.44 bits per heavy atom. The van der Waals surface area contributed by atoms with Gasteiger partial charge in [-0.2, -0.15) is 0 Å². The Kier molecular flexibility index (Phi) is 5.84. The number of amides is 1. The molecule has 1 aliphatic rings. The molecule has 8 heteroatoms. The molecule has 0 bridgehead atoms. The normalized spacial score (nSPS) is 18.2. The molecule has 1 saturated heterocycles. The zero-order chi connectivity index (χ0) is 18.6. The lowest BCUT2D eigenvalue weighted by atomic mass is 10.1. The first-order valence-corrected chi connectivity index (χ1v) is 8.19. The van der Waals surface area contributed by atoms with Crippen LogP contribution in [0, 0.1) is 10.1 Å². The molecule has 0 spiro atoms. The third kappa shape index (κ3) is 5.06. The molecule has 1 atom stereocenters. The summed E-state index contributed by atoms with van der Waals surface area (Å²) in [4.78, 5) is 26.6. The van der Waals surface area contributed by atoms with E-state index in [1.165, 1.54) is 12.1 Å². The van der Waals surface area contributed by atoms with Crippen LogP contribution in [0.1, 0.15) is 20.8 Å². The number of nitro groups is 1. The average Bonchev–Trinajstić information content (AvgIpc) is 2.53. The summed E-state index contributed by atoms with van der Waals surface area (Å²) >= 11 is 0. The molecule has 8 nitrogen and oxygen atoms in total. The fourth-order valence-electron chi connectivity index (χ4n) is 2.77. The van der Waals surface area contributed by atoms with Crippen molar-refractivity contribution in [3.63, 3.8) is 0 Å². The van der Waals surface area contributed by atoms with Gasteiger partial charge in [0.2, 0.25) is 0 Å². The lowest BCUT2D eigenvalue weighted by Crippen LogP contribution is -2.57. The maximum Gasteiger partial charge on any atom is 0.410 e. The van der Waals surface area contributed by atoms with E-state index in [1.807, 2.05) is 20.8 Å². The summed E-state index contributed by atoms with van der Waals surface area (Å²) in [6.07, 6.45) is -0.349. The fourth-order valence-corrected chi connectivity index (χ4v) is 2.77. The van der Waals surface area contributed by atoms with Crippen LogP contribution in [0.3, 0.4) is 0 Å². The van der Waals surface area contributed by atoms with Crippen molar-refractivity contribution in [3.05, 3.63) is 34.4 Å². The highest BCUT2D eigenvalue weighted by molar-refractivity contribution is 5.69. The smallest absolute Gasteiger partial charge is 0.410 e. The van der Waals surface area contributed by atoms with Gasteiger partial charge in [0.1, 0.15) is 5.60 Å². The van der Waals surface area contributed by atoms with Crippen LogP contribution in [0.15, 0.2) is 24.3 Å². The molecule has 138 valence electrons. The van der Waals surface area contributed by atoms with Crippen molar-refractivity contribution >= 4 is 17.5 Å². The number of ether oxygens (including phenoxy) is 2. The first-order chi connectivity index (χ1) is 11.7. The molecular formula is C17H25N3O5. The first kappa shape index (κ1) is 19.0. The monoisotopic (exact) mass is 351 g/mol. The van der Waals surface area contributed by atoms with Crippen LogP contribution >= 0.6 is 0 Å². The second-order valence-corrected chi connectivity index (χ2v) is 7.00. The molecule has 0 N–H and O–H groups in total. The van der Waals surface area contributed by atoms with E-state index in [1.54, 1.807) is 24.1 Å². The number of hydrogen-bond donors (Lipinski definition) is 0. The zero-order valence-electron chi connectivity index (χ0n) is 15.1. The predicted molar refractivity (Wildman–Crippen MR) is 93.9 cm³/mol. The van der Waals surface area contributed by atoms with E-state index >= 15 is 0 Å². The largest absolute Gasteiger partial charge is 0.444 e. The molecule has 1 aromatic rings. The second kappa shape index (κ2) is 7.69. The van der Waals surface area contributed by atoms with Crippen molar-refractivity contribution < 1.29 is 19.2 Å². The van der Waals surface area contributed by atoms with E-state index in [9.17, 15) is 14.9 Å². The highest BCUT2D eigenvalue weighted by Gasteiger charge is 2.33. The number of carbonyl (C=O) groups excluding carboxylic acids is 1. The van der Waals surface area contributed by atoms with Gasteiger partial charge in [-0.3, -0.25) is 15.0 Å². The fraction of sp³-hybridized carbons (Fsp3) is 0.588. The van der Waals surface area contributed by atoms with Gasteiger partial charge in [-0.25, -0.2) is 4.79 Å². The van der Waals surface area contributed by atoms with Crippen LogP contribution in [-0.4, -0.2) is 60.9 Å². The molecule has 1 fully saturated rings. The maximum atomic E-state index is 12.4. The van der Waals surface area contributed by atoms with Crippen molar-refractivity contribution in [1.82, 2.24) is 4.90 Å². The standard InChI is InChI=1S/C17H25N3O5/c1-17(2,3)25-16(21)19-10-9-18(11-15(19)12-24-4)13-5-7-14(8-6-13)20(22)23/h5-8,15H,9-12H2,1-4H3/t15-/m0/s1. The molecular weight excluding hydrogens is 326 g/mol. The van der Waals surface area contributed by atoms with Crippen LogP contribution in [0.25, 0.3) is 0 Å². The number of non-ortho nitro benzene ring substituents is 1. The molecule has 1 aromatic carbocycles. The van der Waals surface area contributed by atoms with Gasteiger partial charge in [-0.1, -0.05) is 0 Å². The number of nitrogens with zero attached hydrogens (tertiary/aromatic N) is 3. The van der Waals surface area contributed by atoms with Crippen molar-refractivity contribution in [3.8, 4) is 0 Å². The van der Waals surface area contributed by atoms with Crippen LogP contribution in [0.5, 0.6) is 0 Å². The Hall–Kier alpha value is -2.35. The van der Waals surface area contributed by atoms with Gasteiger partial charge >= 0.3 is 6.09 Å². The Morgan fingerprint density at radius 2 is 1.92 bits per heavy atom. The van der Waals surface area contributed by atoms with Gasteiger partial charge in [0.15, 0.2) is 0 Å². The van der Waals surface area contributed by atoms with E-state index < -0.39 is 10.5 Å². The third-order valence-corrected chi connectivity index (χ3v) is 3.90. The Labute approximate surface area is 147 Å². The lowest BCUT2D eigenvalue weighted by Gasteiger charge is -2.42. The maximum absolute atomic E-state index is 12.4. The minimum absolute atomic E-state index is 0.0598. The summed E-state index contributed by atoms with van der Waals surface area (Å²) in [7, 11) is 1.60. The van der Waals surface area contributed by atoms with Gasteiger partial charge in [0.05, 0.1) is 17.6 Å². The van der Waals surface area contributed by atoms with Crippen LogP contribution in [0.2, 0.25) is 0 Å². The number of piperazine rings is 1. The van der Waals surface area contributed by atoms with E-state index in [0.717, 1.165) is 5.69 Å². The number of carbonyl (C=O) groups is 1. The molecule has 1 heterocycles. The minimum Gasteiger partial charge on any atom is -0.444 e. The summed E-state index contributed by atoms with van der Waals surface area (Å²) < 4.78 is 10.7. The van der Waals surface area contributed by atoms with Gasteiger partial charge in [0, 0.05) is 44.6 Å². The third-order valence-electron chi connectivity index (χ3n) is 3.90. The molecule has 0 aromatic heterocycles. The molecule has 1 amide bonds. The Morgan fingerprint density at radius 1 is 1.28 bits per heavy atom. The SMILES string of the molecule is COC[C@@H]1CN(c2ccc([N+](=O)[O-])cc2)CCN1C(=O)OC(C)(C)C. The van der Waals surface area contributed by atoms with E-state index in [-0.39, 0.29) is 17.8 Å². The van der Waals surface area contributed by atoms with E-state index in [4.69, 9.17) is 9.47 Å². The van der Waals surface area contributed by atoms with Gasteiger partial charge in [0.25, 0.3) is 5.69 Å². The Balaban J connectivity index is 2.09. The number of methoxy groups -OCH3 is 1. The molecule has 2 rings (SSSR count). The topological polar surface area (TPSA) is 85.2 Å². The number of rotatable bonds is 4. The summed E-state index contributed by atoms with van der Waals surface area (Å²) in [6, 6.07) is 6.28. The van der Waals surface area contributed by atoms with Crippen LogP contribution in [0.4, 0.5) is 16.2 Å². The van der Waals surface area contributed by atoms with Crippen molar-refractivity contribution in [2.45, 2.75) is 32.4 Å². The zero-order valence-corrected chi connectivity index (χ0v) is 15.1. The molecule has 1 aliphatic heterocycles. The first-order valence-electron chi connectivity index (χ1n) is 8.19. The number of benzene rings is 1. The molecule has 0 saturated carbocycles. The van der Waals surface area contributed by atoms with Crippen molar-refractivity contribution in [1.29, 1.82) is 0 Å². The van der Waals surface area contributed by atoms with Crippen LogP contribution in [-0.2, 0) is 9.47 Å². The molecule has 0 aliphatic carbocycles. The highest BCUT2D eigenvalue weighted by Crippen LogP contribution is 2.23. The minimum atomic E-state index is -0.551. The predicted octanol–water partition coefficient (Wildman–Crippen LogP) is 2.67. The summed E-state index contributed by atoms with van der Waals surface area (Å²) in [5, 5.41) is 10.8. The number of hydrogen-bond acceptors (Lipinski definition) is 6. The van der Waals surface area contributed by atoms with Gasteiger partial charge in [-0.15, -0.1) is 0 Å². The van der Waals surface area contributed by atoms with Crippen molar-refractivity contribution in [2.75, 3.05) is 38.3 Å². The molecule has 25 heavy (non-hydrogen) atoms. The Bertz CT molecular complexity index is 612.